The third-order valence-electron chi connectivity index (χ3n) is 5.34. The molecule has 0 aromatic rings. The van der Waals surface area contributed by atoms with Crippen molar-refractivity contribution in [2.75, 3.05) is 6.54 Å². The summed E-state index contributed by atoms with van der Waals surface area (Å²) in [6.45, 7) is 1.01. The lowest BCUT2D eigenvalue weighted by atomic mass is 9.75. The summed E-state index contributed by atoms with van der Waals surface area (Å²) in [7, 11) is 0. The third kappa shape index (κ3) is 3.31. The lowest BCUT2D eigenvalue weighted by Crippen LogP contribution is -2.51. The lowest BCUT2D eigenvalue weighted by Gasteiger charge is -2.39. The van der Waals surface area contributed by atoms with Gasteiger partial charge in [0.2, 0.25) is 5.91 Å². The summed E-state index contributed by atoms with van der Waals surface area (Å²) in [4.78, 5) is 14.8. The summed E-state index contributed by atoms with van der Waals surface area (Å²) in [6.07, 6.45) is 13.1. The van der Waals surface area contributed by atoms with Gasteiger partial charge in [0.25, 0.3) is 0 Å². The monoisotopic (exact) mass is 264 g/mol. The standard InChI is InChI=1S/C16H28N2O/c17-16(9-4-10-16)11-15(19)18(14-7-8-14)12-13-5-2-1-3-6-13/h13-14H,1-12,17H2. The van der Waals surface area contributed by atoms with E-state index in [1.54, 1.807) is 0 Å². The quantitative estimate of drug-likeness (QED) is 0.830. The first-order valence-corrected chi connectivity index (χ1v) is 8.25. The first-order valence-electron chi connectivity index (χ1n) is 8.25. The van der Waals surface area contributed by atoms with Gasteiger partial charge in [0.1, 0.15) is 0 Å². The molecule has 3 fully saturated rings. The highest BCUT2D eigenvalue weighted by Crippen LogP contribution is 2.36. The molecule has 2 N–H and O–H groups in total. The second-order valence-electron chi connectivity index (χ2n) is 7.17. The summed E-state index contributed by atoms with van der Waals surface area (Å²) in [5.41, 5.74) is 6.09. The van der Waals surface area contributed by atoms with E-state index < -0.39 is 0 Å². The molecule has 19 heavy (non-hydrogen) atoms. The Kier molecular flexibility index (Phi) is 3.84. The summed E-state index contributed by atoms with van der Waals surface area (Å²) >= 11 is 0. The van der Waals surface area contributed by atoms with Crippen LogP contribution in [0.2, 0.25) is 0 Å². The van der Waals surface area contributed by atoms with Crippen LogP contribution in [0.25, 0.3) is 0 Å². The molecule has 1 amide bonds. The molecule has 3 aliphatic carbocycles. The first kappa shape index (κ1) is 13.4. The molecule has 0 atom stereocenters. The Morgan fingerprint density at radius 1 is 1.05 bits per heavy atom. The maximum atomic E-state index is 12.6. The summed E-state index contributed by atoms with van der Waals surface area (Å²) < 4.78 is 0. The number of amides is 1. The van der Waals surface area contributed by atoms with Gasteiger partial charge in [-0.1, -0.05) is 19.3 Å². The molecule has 3 rings (SSSR count). The van der Waals surface area contributed by atoms with Crippen LogP contribution in [0.15, 0.2) is 0 Å². The van der Waals surface area contributed by atoms with E-state index in [4.69, 9.17) is 5.73 Å². The van der Waals surface area contributed by atoms with E-state index in [1.165, 1.54) is 51.4 Å². The van der Waals surface area contributed by atoms with Gasteiger partial charge in [-0.25, -0.2) is 0 Å². The van der Waals surface area contributed by atoms with Crippen LogP contribution in [-0.2, 0) is 4.79 Å². The summed E-state index contributed by atoms with van der Waals surface area (Å²) in [5.74, 6) is 1.10. The normalized spacial score (nSPS) is 26.8. The Hall–Kier alpha value is -0.570. The zero-order valence-electron chi connectivity index (χ0n) is 12.1. The van der Waals surface area contributed by atoms with Gasteiger partial charge in [-0.15, -0.1) is 0 Å². The van der Waals surface area contributed by atoms with Crippen LogP contribution in [0.3, 0.4) is 0 Å². The lowest BCUT2D eigenvalue weighted by molar-refractivity contribution is -0.134. The fraction of sp³-hybridized carbons (Fsp3) is 0.938. The molecule has 108 valence electrons. The van der Waals surface area contributed by atoms with Crippen LogP contribution in [0.4, 0.5) is 0 Å². The van der Waals surface area contributed by atoms with Gasteiger partial charge in [-0.3, -0.25) is 4.79 Å². The molecular formula is C16H28N2O. The van der Waals surface area contributed by atoms with E-state index in [0.29, 0.717) is 18.4 Å². The molecular weight excluding hydrogens is 236 g/mol. The van der Waals surface area contributed by atoms with Gasteiger partial charge < -0.3 is 10.6 Å². The number of hydrogen-bond acceptors (Lipinski definition) is 2. The van der Waals surface area contributed by atoms with Crippen LogP contribution in [0.1, 0.15) is 70.6 Å². The molecule has 0 bridgehead atoms. The van der Waals surface area contributed by atoms with E-state index in [1.807, 2.05) is 0 Å². The molecule has 3 heteroatoms. The molecule has 3 nitrogen and oxygen atoms in total. The zero-order valence-corrected chi connectivity index (χ0v) is 12.1. The minimum Gasteiger partial charge on any atom is -0.339 e. The summed E-state index contributed by atoms with van der Waals surface area (Å²) in [5, 5.41) is 0. The van der Waals surface area contributed by atoms with Crippen molar-refractivity contribution in [2.45, 2.75) is 82.2 Å². The predicted octanol–water partition coefficient (Wildman–Crippen LogP) is 2.83. The van der Waals surface area contributed by atoms with Gasteiger partial charge in [0.15, 0.2) is 0 Å². The minimum atomic E-state index is -0.156. The van der Waals surface area contributed by atoms with E-state index in [-0.39, 0.29) is 5.54 Å². The molecule has 0 aromatic carbocycles. The minimum absolute atomic E-state index is 0.156. The molecule has 3 saturated carbocycles. The molecule has 3 aliphatic rings. The fourth-order valence-corrected chi connectivity index (χ4v) is 3.70. The fourth-order valence-electron chi connectivity index (χ4n) is 3.70. The number of nitrogens with two attached hydrogens (primary N) is 1. The van der Waals surface area contributed by atoms with Crippen molar-refractivity contribution in [1.29, 1.82) is 0 Å². The van der Waals surface area contributed by atoms with Crippen molar-refractivity contribution in [1.82, 2.24) is 4.90 Å². The Labute approximate surface area is 116 Å². The maximum Gasteiger partial charge on any atom is 0.224 e. The van der Waals surface area contributed by atoms with Crippen molar-refractivity contribution in [3.05, 3.63) is 0 Å². The third-order valence-corrected chi connectivity index (χ3v) is 5.34. The topological polar surface area (TPSA) is 46.3 Å². The van der Waals surface area contributed by atoms with Gasteiger partial charge in [0, 0.05) is 24.5 Å². The molecule has 0 unspecified atom stereocenters. The largest absolute Gasteiger partial charge is 0.339 e. The van der Waals surface area contributed by atoms with Crippen molar-refractivity contribution in [2.24, 2.45) is 11.7 Å². The Bertz CT molecular complexity index is 328. The molecule has 0 radical (unpaired) electrons. The smallest absolute Gasteiger partial charge is 0.224 e. The van der Waals surface area contributed by atoms with Gasteiger partial charge in [-0.2, -0.15) is 0 Å². The van der Waals surface area contributed by atoms with E-state index in [0.717, 1.165) is 25.3 Å². The van der Waals surface area contributed by atoms with Gasteiger partial charge in [0.05, 0.1) is 0 Å². The molecule has 0 saturated heterocycles. The van der Waals surface area contributed by atoms with Crippen molar-refractivity contribution in [3.8, 4) is 0 Å². The Balaban J connectivity index is 1.55. The van der Waals surface area contributed by atoms with Crippen LogP contribution >= 0.6 is 0 Å². The molecule has 0 spiro atoms. The first-order chi connectivity index (χ1) is 9.16. The van der Waals surface area contributed by atoms with Crippen LogP contribution < -0.4 is 5.73 Å². The van der Waals surface area contributed by atoms with Crippen molar-refractivity contribution in [3.63, 3.8) is 0 Å². The number of rotatable bonds is 5. The SMILES string of the molecule is NC1(CC(=O)N(CC2CCCCC2)C2CC2)CCC1. The van der Waals surface area contributed by atoms with E-state index in [2.05, 4.69) is 4.90 Å². The highest BCUT2D eigenvalue weighted by molar-refractivity contribution is 5.78. The highest BCUT2D eigenvalue weighted by Gasteiger charge is 2.40. The average molecular weight is 264 g/mol. The van der Waals surface area contributed by atoms with Crippen LogP contribution in [0, 0.1) is 5.92 Å². The second kappa shape index (κ2) is 5.43. The van der Waals surface area contributed by atoms with Gasteiger partial charge in [-0.05, 0) is 50.9 Å². The average Bonchev–Trinajstić information content (AvgIpc) is 3.19. The van der Waals surface area contributed by atoms with E-state index in [9.17, 15) is 4.79 Å². The van der Waals surface area contributed by atoms with Crippen LogP contribution in [0.5, 0.6) is 0 Å². The molecule has 0 heterocycles. The van der Waals surface area contributed by atoms with Crippen molar-refractivity contribution < 1.29 is 4.79 Å². The molecule has 0 aromatic heterocycles. The Morgan fingerprint density at radius 3 is 2.26 bits per heavy atom. The number of hydrogen-bond donors (Lipinski definition) is 1. The number of nitrogens with zero attached hydrogens (tertiary/aromatic N) is 1. The number of carbonyl (C=O) groups is 1. The maximum absolute atomic E-state index is 12.6. The summed E-state index contributed by atoms with van der Waals surface area (Å²) in [6, 6.07) is 0.554. The Morgan fingerprint density at radius 2 is 1.74 bits per heavy atom. The second-order valence-corrected chi connectivity index (χ2v) is 7.17. The van der Waals surface area contributed by atoms with Gasteiger partial charge >= 0.3 is 0 Å². The zero-order chi connectivity index (χ0) is 13.3. The number of carbonyl (C=O) groups excluding carboxylic acids is 1. The van der Waals surface area contributed by atoms with Crippen molar-refractivity contribution >= 4 is 5.91 Å². The van der Waals surface area contributed by atoms with Crippen LogP contribution in [-0.4, -0.2) is 28.9 Å². The highest BCUT2D eigenvalue weighted by atomic mass is 16.2. The predicted molar refractivity (Wildman–Crippen MR) is 76.7 cm³/mol. The molecule has 0 aliphatic heterocycles. The van der Waals surface area contributed by atoms with E-state index >= 15 is 0 Å².